The SMILES string of the molecule is CCCN(CC)C(=O)[C@H]1CNCCO1.Cl. The van der Waals surface area contributed by atoms with E-state index in [1.165, 1.54) is 0 Å². The first kappa shape index (κ1) is 14.7. The summed E-state index contributed by atoms with van der Waals surface area (Å²) in [6.45, 7) is 7.82. The van der Waals surface area contributed by atoms with Crippen LogP contribution in [-0.4, -0.2) is 49.7 Å². The van der Waals surface area contributed by atoms with Gasteiger partial charge < -0.3 is 15.0 Å². The van der Waals surface area contributed by atoms with Gasteiger partial charge in [-0.1, -0.05) is 6.92 Å². The Kier molecular flexibility index (Phi) is 7.74. The van der Waals surface area contributed by atoms with E-state index in [1.54, 1.807) is 0 Å². The molecule has 0 radical (unpaired) electrons. The molecule has 0 aromatic heterocycles. The van der Waals surface area contributed by atoms with Gasteiger partial charge in [-0.05, 0) is 13.3 Å². The molecule has 90 valence electrons. The summed E-state index contributed by atoms with van der Waals surface area (Å²) in [5, 5.41) is 3.16. The summed E-state index contributed by atoms with van der Waals surface area (Å²) in [5.41, 5.74) is 0. The van der Waals surface area contributed by atoms with Crippen molar-refractivity contribution in [3.05, 3.63) is 0 Å². The zero-order chi connectivity index (χ0) is 10.4. The molecule has 1 aliphatic heterocycles. The number of hydrogen-bond acceptors (Lipinski definition) is 3. The Morgan fingerprint density at radius 1 is 1.53 bits per heavy atom. The van der Waals surface area contributed by atoms with Crippen LogP contribution < -0.4 is 5.32 Å². The van der Waals surface area contributed by atoms with Crippen molar-refractivity contribution >= 4 is 18.3 Å². The minimum Gasteiger partial charge on any atom is -0.366 e. The van der Waals surface area contributed by atoms with E-state index in [1.807, 2.05) is 11.8 Å². The Balaban J connectivity index is 0.00000196. The van der Waals surface area contributed by atoms with Gasteiger partial charge in [-0.2, -0.15) is 0 Å². The molecule has 0 saturated carbocycles. The molecule has 1 N–H and O–H groups in total. The first-order chi connectivity index (χ1) is 6.79. The van der Waals surface area contributed by atoms with E-state index in [0.29, 0.717) is 13.2 Å². The number of carbonyl (C=O) groups is 1. The second-order valence-corrected chi connectivity index (χ2v) is 3.48. The van der Waals surface area contributed by atoms with Gasteiger partial charge in [0.25, 0.3) is 5.91 Å². The summed E-state index contributed by atoms with van der Waals surface area (Å²) in [7, 11) is 0. The Labute approximate surface area is 97.8 Å². The van der Waals surface area contributed by atoms with E-state index in [-0.39, 0.29) is 24.4 Å². The van der Waals surface area contributed by atoms with Crippen LogP contribution >= 0.6 is 12.4 Å². The fourth-order valence-electron chi connectivity index (χ4n) is 1.62. The fraction of sp³-hybridized carbons (Fsp3) is 0.900. The molecule has 0 bridgehead atoms. The topological polar surface area (TPSA) is 41.6 Å². The Morgan fingerprint density at radius 3 is 2.73 bits per heavy atom. The van der Waals surface area contributed by atoms with Crippen LogP contribution in [0.15, 0.2) is 0 Å². The molecule has 0 unspecified atom stereocenters. The molecule has 1 amide bonds. The molecular weight excluding hydrogens is 216 g/mol. The number of halogens is 1. The molecule has 5 heteroatoms. The minimum atomic E-state index is -0.268. The molecule has 15 heavy (non-hydrogen) atoms. The summed E-state index contributed by atoms with van der Waals surface area (Å²) in [4.78, 5) is 13.7. The average Bonchev–Trinajstić information content (AvgIpc) is 2.26. The molecule has 0 spiro atoms. The lowest BCUT2D eigenvalue weighted by Gasteiger charge is -2.28. The first-order valence-electron chi connectivity index (χ1n) is 5.40. The summed E-state index contributed by atoms with van der Waals surface area (Å²) >= 11 is 0. The molecule has 1 rings (SSSR count). The molecule has 4 nitrogen and oxygen atoms in total. The van der Waals surface area contributed by atoms with Crippen LogP contribution in [0.3, 0.4) is 0 Å². The normalized spacial score (nSPS) is 20.5. The largest absolute Gasteiger partial charge is 0.366 e. The Morgan fingerprint density at radius 2 is 2.27 bits per heavy atom. The lowest BCUT2D eigenvalue weighted by atomic mass is 10.2. The summed E-state index contributed by atoms with van der Waals surface area (Å²) in [6, 6.07) is 0. The molecule has 1 saturated heterocycles. The Bertz CT molecular complexity index is 178. The molecule has 0 aliphatic carbocycles. The number of amides is 1. The Hall–Kier alpha value is -0.320. The predicted molar refractivity (Wildman–Crippen MR) is 62.4 cm³/mol. The number of nitrogens with one attached hydrogen (secondary N) is 1. The van der Waals surface area contributed by atoms with Gasteiger partial charge in [0.05, 0.1) is 6.61 Å². The third-order valence-electron chi connectivity index (χ3n) is 2.39. The smallest absolute Gasteiger partial charge is 0.253 e. The van der Waals surface area contributed by atoms with Gasteiger partial charge in [0.2, 0.25) is 0 Å². The van der Waals surface area contributed by atoms with Crippen LogP contribution in [0.4, 0.5) is 0 Å². The van der Waals surface area contributed by atoms with E-state index in [2.05, 4.69) is 12.2 Å². The number of nitrogens with zero attached hydrogens (tertiary/aromatic N) is 1. The van der Waals surface area contributed by atoms with Gasteiger partial charge in [-0.3, -0.25) is 4.79 Å². The van der Waals surface area contributed by atoms with Crippen LogP contribution in [0, 0.1) is 0 Å². The number of rotatable bonds is 4. The van der Waals surface area contributed by atoms with Crippen molar-refractivity contribution in [1.29, 1.82) is 0 Å². The number of likely N-dealkylation sites (N-methyl/N-ethyl adjacent to an activating group) is 1. The quantitative estimate of drug-likeness (QED) is 0.780. The van der Waals surface area contributed by atoms with Crippen LogP contribution in [0.1, 0.15) is 20.3 Å². The van der Waals surface area contributed by atoms with Gasteiger partial charge in [-0.15, -0.1) is 12.4 Å². The van der Waals surface area contributed by atoms with E-state index in [0.717, 1.165) is 26.1 Å². The molecule has 0 aromatic carbocycles. The van der Waals surface area contributed by atoms with E-state index in [9.17, 15) is 4.79 Å². The third kappa shape index (κ3) is 4.36. The van der Waals surface area contributed by atoms with Crippen molar-refractivity contribution in [2.45, 2.75) is 26.4 Å². The standard InChI is InChI=1S/C10H20N2O2.ClH/c1-3-6-12(4-2)10(13)9-8-11-5-7-14-9;/h9,11H,3-8H2,1-2H3;1H/t9-;/m1./s1. The number of carbonyl (C=O) groups excluding carboxylic acids is 1. The highest BCUT2D eigenvalue weighted by Gasteiger charge is 2.25. The van der Waals surface area contributed by atoms with Crippen molar-refractivity contribution in [2.24, 2.45) is 0 Å². The molecular formula is C10H21ClN2O2. The minimum absolute atomic E-state index is 0. The average molecular weight is 237 g/mol. The zero-order valence-electron chi connectivity index (χ0n) is 9.49. The van der Waals surface area contributed by atoms with E-state index in [4.69, 9.17) is 4.74 Å². The highest BCUT2D eigenvalue weighted by atomic mass is 35.5. The predicted octanol–water partition coefficient (Wildman–Crippen LogP) is 0.655. The zero-order valence-corrected chi connectivity index (χ0v) is 10.3. The van der Waals surface area contributed by atoms with Crippen molar-refractivity contribution in [3.63, 3.8) is 0 Å². The first-order valence-corrected chi connectivity index (χ1v) is 5.40. The molecule has 1 aliphatic rings. The lowest BCUT2D eigenvalue weighted by molar-refractivity contribution is -0.145. The van der Waals surface area contributed by atoms with Gasteiger partial charge >= 0.3 is 0 Å². The maximum absolute atomic E-state index is 11.9. The second-order valence-electron chi connectivity index (χ2n) is 3.48. The van der Waals surface area contributed by atoms with Crippen LogP contribution in [0.2, 0.25) is 0 Å². The number of ether oxygens (including phenoxy) is 1. The van der Waals surface area contributed by atoms with Crippen molar-refractivity contribution in [1.82, 2.24) is 10.2 Å². The van der Waals surface area contributed by atoms with Crippen LogP contribution in [0.5, 0.6) is 0 Å². The van der Waals surface area contributed by atoms with Crippen molar-refractivity contribution in [3.8, 4) is 0 Å². The van der Waals surface area contributed by atoms with Gasteiger partial charge in [0.1, 0.15) is 6.10 Å². The van der Waals surface area contributed by atoms with Crippen LogP contribution in [0.25, 0.3) is 0 Å². The molecule has 1 heterocycles. The number of hydrogen-bond donors (Lipinski definition) is 1. The second kappa shape index (κ2) is 7.91. The van der Waals surface area contributed by atoms with Crippen molar-refractivity contribution < 1.29 is 9.53 Å². The third-order valence-corrected chi connectivity index (χ3v) is 2.39. The van der Waals surface area contributed by atoms with E-state index >= 15 is 0 Å². The highest BCUT2D eigenvalue weighted by Crippen LogP contribution is 2.03. The maximum atomic E-state index is 11.9. The molecule has 0 aromatic rings. The van der Waals surface area contributed by atoms with Gasteiger partial charge in [0.15, 0.2) is 0 Å². The maximum Gasteiger partial charge on any atom is 0.253 e. The molecule has 1 atom stereocenters. The van der Waals surface area contributed by atoms with Gasteiger partial charge in [-0.25, -0.2) is 0 Å². The highest BCUT2D eigenvalue weighted by molar-refractivity contribution is 5.85. The monoisotopic (exact) mass is 236 g/mol. The summed E-state index contributed by atoms with van der Waals surface area (Å²) in [5.74, 6) is 0.126. The van der Waals surface area contributed by atoms with Crippen LogP contribution in [-0.2, 0) is 9.53 Å². The summed E-state index contributed by atoms with van der Waals surface area (Å²) < 4.78 is 5.42. The lowest BCUT2D eigenvalue weighted by Crippen LogP contribution is -2.49. The fourth-order valence-corrected chi connectivity index (χ4v) is 1.62. The van der Waals surface area contributed by atoms with Crippen molar-refractivity contribution in [2.75, 3.05) is 32.8 Å². The molecule has 1 fully saturated rings. The van der Waals surface area contributed by atoms with Gasteiger partial charge in [0, 0.05) is 26.2 Å². The number of morpholine rings is 1. The van der Waals surface area contributed by atoms with E-state index < -0.39 is 0 Å². The summed E-state index contributed by atoms with van der Waals surface area (Å²) in [6.07, 6.45) is 0.731.